The topological polar surface area (TPSA) is 17.8 Å². The smallest absolute Gasteiger partial charge is 0.0822 e. The molecule has 1 aromatic heterocycles. The molecule has 4 heteroatoms. The minimum Gasteiger partial charge on any atom is -0.236 e. The summed E-state index contributed by atoms with van der Waals surface area (Å²) in [4.78, 5) is 0. The second-order valence-corrected chi connectivity index (χ2v) is 5.74. The van der Waals surface area contributed by atoms with Crippen LogP contribution in [0.25, 0.3) is 5.69 Å². The summed E-state index contributed by atoms with van der Waals surface area (Å²) in [6.45, 7) is 0. The molecule has 102 valence electrons. The molecule has 0 aliphatic rings. The molecule has 0 unspecified atom stereocenters. The molecule has 0 aliphatic carbocycles. The van der Waals surface area contributed by atoms with Gasteiger partial charge in [0.15, 0.2) is 0 Å². The molecule has 0 saturated carbocycles. The molecule has 0 saturated heterocycles. The summed E-state index contributed by atoms with van der Waals surface area (Å²) in [5.41, 5.74) is 2.19. The molecule has 0 amide bonds. The predicted molar refractivity (Wildman–Crippen MR) is 84.5 cm³/mol. The van der Waals surface area contributed by atoms with Crippen LogP contribution in [-0.2, 0) is 6.42 Å². The lowest BCUT2D eigenvalue weighted by atomic mass is 10.1. The maximum absolute atomic E-state index is 6.24. The number of benzene rings is 1. The average molecular weight is 342 g/mol. The zero-order valence-corrected chi connectivity index (χ0v) is 13.2. The van der Waals surface area contributed by atoms with Crippen molar-refractivity contribution >= 4 is 27.5 Å². The molecule has 0 radical (unpaired) electrons. The maximum atomic E-state index is 6.24. The van der Waals surface area contributed by atoms with Crippen molar-refractivity contribution in [2.24, 2.45) is 0 Å². The monoisotopic (exact) mass is 340 g/mol. The normalized spacial score (nSPS) is 10.8. The van der Waals surface area contributed by atoms with Crippen molar-refractivity contribution in [3.63, 3.8) is 0 Å². The van der Waals surface area contributed by atoms with Crippen molar-refractivity contribution < 1.29 is 0 Å². The third-order valence-electron chi connectivity index (χ3n) is 3.12. The van der Waals surface area contributed by atoms with Gasteiger partial charge in [0, 0.05) is 5.33 Å². The highest BCUT2D eigenvalue weighted by atomic mass is 79.9. The molecule has 0 atom stereocenters. The quantitative estimate of drug-likeness (QED) is 0.510. The third kappa shape index (κ3) is 4.08. The van der Waals surface area contributed by atoms with E-state index >= 15 is 0 Å². The standard InChI is InChI=1S/C15H18BrClN2/c16-11-7-2-1-6-10-15-14(17)12-18-19(15)13-8-4-3-5-9-13/h3-5,8-9,12H,1-2,6-7,10-11H2. The molecule has 0 bridgehead atoms. The van der Waals surface area contributed by atoms with Crippen LogP contribution in [0.2, 0.25) is 5.02 Å². The molecule has 19 heavy (non-hydrogen) atoms. The number of hydrogen-bond acceptors (Lipinski definition) is 1. The van der Waals surface area contributed by atoms with Crippen LogP contribution in [-0.4, -0.2) is 15.1 Å². The Kier molecular flexibility index (Phi) is 5.93. The van der Waals surface area contributed by atoms with E-state index in [0.717, 1.165) is 34.6 Å². The van der Waals surface area contributed by atoms with Crippen LogP contribution < -0.4 is 0 Å². The number of hydrogen-bond donors (Lipinski definition) is 0. The molecular formula is C15H18BrClN2. The second-order valence-electron chi connectivity index (χ2n) is 4.54. The van der Waals surface area contributed by atoms with E-state index in [1.807, 2.05) is 22.9 Å². The van der Waals surface area contributed by atoms with Crippen molar-refractivity contribution in [3.8, 4) is 5.69 Å². The number of halogens is 2. The Balaban J connectivity index is 2.02. The lowest BCUT2D eigenvalue weighted by Crippen LogP contribution is -2.02. The van der Waals surface area contributed by atoms with Crippen LogP contribution in [0.4, 0.5) is 0 Å². The molecule has 2 rings (SSSR count). The van der Waals surface area contributed by atoms with Crippen LogP contribution in [0.3, 0.4) is 0 Å². The molecule has 1 heterocycles. The summed E-state index contributed by atoms with van der Waals surface area (Å²) in [7, 11) is 0. The van der Waals surface area contributed by atoms with E-state index in [1.165, 1.54) is 19.3 Å². The number of para-hydroxylation sites is 1. The fourth-order valence-corrected chi connectivity index (χ4v) is 2.73. The van der Waals surface area contributed by atoms with Crippen LogP contribution in [0.1, 0.15) is 31.4 Å². The van der Waals surface area contributed by atoms with Crippen molar-refractivity contribution in [3.05, 3.63) is 47.2 Å². The Hall–Kier alpha value is -0.800. The number of rotatable bonds is 7. The molecular weight excluding hydrogens is 324 g/mol. The first-order valence-electron chi connectivity index (χ1n) is 6.66. The zero-order chi connectivity index (χ0) is 13.5. The lowest BCUT2D eigenvalue weighted by molar-refractivity contribution is 0.652. The highest BCUT2D eigenvalue weighted by Crippen LogP contribution is 2.21. The van der Waals surface area contributed by atoms with Gasteiger partial charge in [-0.05, 0) is 31.4 Å². The average Bonchev–Trinajstić information content (AvgIpc) is 2.81. The van der Waals surface area contributed by atoms with E-state index in [-0.39, 0.29) is 0 Å². The van der Waals surface area contributed by atoms with E-state index in [9.17, 15) is 0 Å². The Labute approximate surface area is 127 Å². The molecule has 2 aromatic rings. The van der Waals surface area contributed by atoms with Crippen molar-refractivity contribution in [1.82, 2.24) is 9.78 Å². The van der Waals surface area contributed by atoms with Crippen molar-refractivity contribution in [1.29, 1.82) is 0 Å². The molecule has 2 nitrogen and oxygen atoms in total. The number of alkyl halides is 1. The van der Waals surface area contributed by atoms with Gasteiger partial charge in [0.25, 0.3) is 0 Å². The number of nitrogens with zero attached hydrogens (tertiary/aromatic N) is 2. The minimum absolute atomic E-state index is 0.768. The van der Waals surface area contributed by atoms with E-state index in [1.54, 1.807) is 6.20 Å². The van der Waals surface area contributed by atoms with Gasteiger partial charge >= 0.3 is 0 Å². The van der Waals surface area contributed by atoms with Crippen LogP contribution in [0, 0.1) is 0 Å². The Morgan fingerprint density at radius 1 is 1.05 bits per heavy atom. The maximum Gasteiger partial charge on any atom is 0.0822 e. The molecule has 0 fully saturated rings. The third-order valence-corrected chi connectivity index (χ3v) is 3.99. The first-order chi connectivity index (χ1) is 9.33. The van der Waals surface area contributed by atoms with Gasteiger partial charge in [-0.25, -0.2) is 4.68 Å². The SMILES string of the molecule is Clc1cnn(-c2ccccc2)c1CCCCCCBr. The zero-order valence-electron chi connectivity index (χ0n) is 10.9. The van der Waals surface area contributed by atoms with Gasteiger partial charge in [-0.15, -0.1) is 0 Å². The van der Waals surface area contributed by atoms with Gasteiger partial charge in [0.2, 0.25) is 0 Å². The Bertz CT molecular complexity index is 496. The molecule has 1 aromatic carbocycles. The highest BCUT2D eigenvalue weighted by molar-refractivity contribution is 9.09. The van der Waals surface area contributed by atoms with Gasteiger partial charge in [0.05, 0.1) is 22.6 Å². The van der Waals surface area contributed by atoms with Crippen LogP contribution >= 0.6 is 27.5 Å². The van der Waals surface area contributed by atoms with E-state index < -0.39 is 0 Å². The Morgan fingerprint density at radius 2 is 1.79 bits per heavy atom. The lowest BCUT2D eigenvalue weighted by Gasteiger charge is -2.08. The first kappa shape index (κ1) is 14.6. The number of aromatic nitrogens is 2. The summed E-state index contributed by atoms with van der Waals surface area (Å²) in [6, 6.07) is 10.2. The molecule has 0 spiro atoms. The molecule has 0 N–H and O–H groups in total. The fraction of sp³-hybridized carbons (Fsp3) is 0.400. The fourth-order valence-electron chi connectivity index (χ4n) is 2.11. The first-order valence-corrected chi connectivity index (χ1v) is 8.16. The van der Waals surface area contributed by atoms with E-state index in [2.05, 4.69) is 33.2 Å². The second kappa shape index (κ2) is 7.71. The summed E-state index contributed by atoms with van der Waals surface area (Å²) in [6.07, 6.45) is 7.62. The van der Waals surface area contributed by atoms with Crippen LogP contribution in [0.15, 0.2) is 36.5 Å². The Morgan fingerprint density at radius 3 is 2.53 bits per heavy atom. The summed E-state index contributed by atoms with van der Waals surface area (Å²) in [5, 5.41) is 6.24. The van der Waals surface area contributed by atoms with Gasteiger partial charge in [-0.1, -0.05) is 58.6 Å². The van der Waals surface area contributed by atoms with E-state index in [4.69, 9.17) is 11.6 Å². The minimum atomic E-state index is 0.768. The largest absolute Gasteiger partial charge is 0.236 e. The summed E-state index contributed by atoms with van der Waals surface area (Å²) < 4.78 is 1.95. The highest BCUT2D eigenvalue weighted by Gasteiger charge is 2.10. The van der Waals surface area contributed by atoms with Crippen molar-refractivity contribution in [2.45, 2.75) is 32.1 Å². The van der Waals surface area contributed by atoms with Gasteiger partial charge in [-0.2, -0.15) is 5.10 Å². The van der Waals surface area contributed by atoms with E-state index in [0.29, 0.717) is 0 Å². The molecule has 0 aliphatic heterocycles. The predicted octanol–water partition coefficient (Wildman–Crippen LogP) is 5.02. The van der Waals surface area contributed by atoms with Gasteiger partial charge in [-0.3, -0.25) is 0 Å². The number of unbranched alkanes of at least 4 members (excludes halogenated alkanes) is 3. The van der Waals surface area contributed by atoms with Gasteiger partial charge < -0.3 is 0 Å². The summed E-state index contributed by atoms with van der Waals surface area (Å²) >= 11 is 9.70. The van der Waals surface area contributed by atoms with Crippen molar-refractivity contribution in [2.75, 3.05) is 5.33 Å². The summed E-state index contributed by atoms with van der Waals surface area (Å²) in [5.74, 6) is 0. The van der Waals surface area contributed by atoms with Crippen LogP contribution in [0.5, 0.6) is 0 Å². The van der Waals surface area contributed by atoms with Gasteiger partial charge in [0.1, 0.15) is 0 Å².